The smallest absolute Gasteiger partial charge is 0.373 e. The molecule has 120 valence electrons. The van der Waals surface area contributed by atoms with Crippen LogP contribution < -0.4 is 0 Å². The Balaban J connectivity index is 1.98. The van der Waals surface area contributed by atoms with Crippen molar-refractivity contribution in [2.45, 2.75) is 19.5 Å². The number of nitrogens with zero attached hydrogens (tertiary/aromatic N) is 1. The molecule has 0 amide bonds. The Morgan fingerprint density at radius 2 is 2.14 bits per heavy atom. The molecule has 0 unspecified atom stereocenters. The van der Waals surface area contributed by atoms with Gasteiger partial charge in [0.1, 0.15) is 5.76 Å². The van der Waals surface area contributed by atoms with Gasteiger partial charge in [-0.3, -0.25) is 4.90 Å². The minimum absolute atomic E-state index is 0.241. The molecule has 0 saturated heterocycles. The monoisotopic (exact) mass is 323 g/mol. The van der Waals surface area contributed by atoms with Gasteiger partial charge in [-0.25, -0.2) is 4.79 Å². The third-order valence-corrected chi connectivity index (χ3v) is 3.97. The zero-order valence-electron chi connectivity index (χ0n) is 12.9. The lowest BCUT2D eigenvalue weighted by molar-refractivity contribution is 0.0560. The number of hydrogen-bond acceptors (Lipinski definition) is 6. The summed E-state index contributed by atoms with van der Waals surface area (Å²) in [4.78, 5) is 13.7. The van der Waals surface area contributed by atoms with E-state index in [4.69, 9.17) is 9.15 Å². The Morgan fingerprint density at radius 3 is 2.82 bits per heavy atom. The molecule has 0 radical (unpaired) electrons. The quantitative estimate of drug-likeness (QED) is 0.524. The Kier molecular flexibility index (Phi) is 6.64. The predicted octanol–water partition coefficient (Wildman–Crippen LogP) is 3.17. The number of hydrogen-bond donors (Lipinski definition) is 0. The molecule has 2 heterocycles. The summed E-state index contributed by atoms with van der Waals surface area (Å²) in [7, 11) is 3.05. The van der Waals surface area contributed by atoms with Crippen molar-refractivity contribution in [1.82, 2.24) is 4.90 Å². The molecule has 0 spiro atoms. The number of esters is 1. The fourth-order valence-electron chi connectivity index (χ4n) is 2.18. The van der Waals surface area contributed by atoms with Gasteiger partial charge >= 0.3 is 5.97 Å². The third-order valence-electron chi connectivity index (χ3n) is 3.24. The Morgan fingerprint density at radius 1 is 1.27 bits per heavy atom. The van der Waals surface area contributed by atoms with Crippen LogP contribution in [0.4, 0.5) is 0 Å². The first-order valence-electron chi connectivity index (χ1n) is 7.12. The van der Waals surface area contributed by atoms with Crippen LogP contribution in [0.5, 0.6) is 0 Å². The average molecular weight is 323 g/mol. The molecule has 22 heavy (non-hydrogen) atoms. The molecule has 0 aliphatic rings. The summed E-state index contributed by atoms with van der Waals surface area (Å²) in [5, 5.41) is 4.22. The van der Waals surface area contributed by atoms with Crippen LogP contribution in [0.25, 0.3) is 0 Å². The summed E-state index contributed by atoms with van der Waals surface area (Å²) in [6.07, 6.45) is 0.950. The summed E-state index contributed by atoms with van der Waals surface area (Å²) >= 11 is 1.69. The first-order chi connectivity index (χ1) is 10.7. The van der Waals surface area contributed by atoms with Gasteiger partial charge in [0.2, 0.25) is 5.76 Å². The molecule has 0 aliphatic heterocycles. The van der Waals surface area contributed by atoms with E-state index in [0.717, 1.165) is 31.9 Å². The second-order valence-corrected chi connectivity index (χ2v) is 5.73. The van der Waals surface area contributed by atoms with Crippen LogP contribution in [0.3, 0.4) is 0 Å². The highest BCUT2D eigenvalue weighted by Gasteiger charge is 2.14. The van der Waals surface area contributed by atoms with Crippen LogP contribution in [0.2, 0.25) is 0 Å². The van der Waals surface area contributed by atoms with Crippen molar-refractivity contribution in [2.24, 2.45) is 0 Å². The average Bonchev–Trinajstić information content (AvgIpc) is 3.18. The number of carbonyl (C=O) groups excluding carboxylic acids is 1. The van der Waals surface area contributed by atoms with Gasteiger partial charge in [0, 0.05) is 26.8 Å². The molecule has 6 heteroatoms. The van der Waals surface area contributed by atoms with Gasteiger partial charge in [0.05, 0.1) is 13.7 Å². The molecule has 0 atom stereocenters. The van der Waals surface area contributed by atoms with E-state index >= 15 is 0 Å². The number of furan rings is 1. The summed E-state index contributed by atoms with van der Waals surface area (Å²) < 4.78 is 15.3. The Hall–Kier alpha value is -1.63. The lowest BCUT2D eigenvalue weighted by Gasteiger charge is -2.20. The normalized spacial score (nSPS) is 11.0. The highest BCUT2D eigenvalue weighted by Crippen LogP contribution is 2.15. The highest BCUT2D eigenvalue weighted by molar-refractivity contribution is 7.07. The van der Waals surface area contributed by atoms with Crippen molar-refractivity contribution >= 4 is 17.3 Å². The van der Waals surface area contributed by atoms with E-state index in [-0.39, 0.29) is 5.76 Å². The van der Waals surface area contributed by atoms with E-state index in [9.17, 15) is 4.79 Å². The van der Waals surface area contributed by atoms with Gasteiger partial charge in [0.25, 0.3) is 0 Å². The van der Waals surface area contributed by atoms with Crippen LogP contribution in [-0.4, -0.2) is 38.2 Å². The van der Waals surface area contributed by atoms with Gasteiger partial charge < -0.3 is 13.9 Å². The number of carbonyl (C=O) groups is 1. The maximum absolute atomic E-state index is 11.4. The van der Waals surface area contributed by atoms with Crippen molar-refractivity contribution in [2.75, 3.05) is 27.4 Å². The number of methoxy groups -OCH3 is 2. The molecule has 2 rings (SSSR count). The third kappa shape index (κ3) is 4.98. The van der Waals surface area contributed by atoms with E-state index in [1.807, 2.05) is 6.07 Å². The maximum atomic E-state index is 11.4. The van der Waals surface area contributed by atoms with Gasteiger partial charge in [-0.2, -0.15) is 11.3 Å². The van der Waals surface area contributed by atoms with Crippen LogP contribution in [0, 0.1) is 0 Å². The maximum Gasteiger partial charge on any atom is 0.373 e. The van der Waals surface area contributed by atoms with Crippen molar-refractivity contribution < 1.29 is 18.7 Å². The van der Waals surface area contributed by atoms with Crippen molar-refractivity contribution in [1.29, 1.82) is 0 Å². The van der Waals surface area contributed by atoms with E-state index in [0.29, 0.717) is 6.54 Å². The van der Waals surface area contributed by atoms with Gasteiger partial charge in [-0.1, -0.05) is 0 Å². The minimum atomic E-state index is -0.449. The lowest BCUT2D eigenvalue weighted by atomic mass is 10.2. The van der Waals surface area contributed by atoms with Crippen LogP contribution in [0.15, 0.2) is 33.4 Å². The molecular weight excluding hydrogens is 302 g/mol. The summed E-state index contributed by atoms with van der Waals surface area (Å²) in [5.41, 5.74) is 1.28. The first kappa shape index (κ1) is 16.7. The molecular formula is C16H21NO4S. The SMILES string of the molecule is COCCCN(Cc1ccsc1)Cc1ccc(C(=O)OC)o1. The standard InChI is InChI=1S/C16H21NO4S/c1-19-8-3-7-17(10-13-6-9-22-12-13)11-14-4-5-15(21-14)16(18)20-2/h4-6,9,12H,3,7-8,10-11H2,1-2H3. The molecule has 2 aromatic heterocycles. The minimum Gasteiger partial charge on any atom is -0.463 e. The summed E-state index contributed by atoms with van der Waals surface area (Å²) in [6, 6.07) is 5.60. The number of thiophene rings is 1. The van der Waals surface area contributed by atoms with Gasteiger partial charge in [-0.05, 0) is 40.9 Å². The van der Waals surface area contributed by atoms with Crippen LogP contribution >= 0.6 is 11.3 Å². The zero-order chi connectivity index (χ0) is 15.8. The van der Waals surface area contributed by atoms with Crippen LogP contribution in [0.1, 0.15) is 28.3 Å². The number of ether oxygens (including phenoxy) is 2. The lowest BCUT2D eigenvalue weighted by Crippen LogP contribution is -2.24. The highest BCUT2D eigenvalue weighted by atomic mass is 32.1. The largest absolute Gasteiger partial charge is 0.463 e. The summed E-state index contributed by atoms with van der Waals surface area (Å²) in [6.45, 7) is 3.13. The molecule has 0 fully saturated rings. The molecule has 2 aromatic rings. The molecule has 0 saturated carbocycles. The first-order valence-corrected chi connectivity index (χ1v) is 8.06. The van der Waals surface area contributed by atoms with Gasteiger partial charge in [0.15, 0.2) is 0 Å². The Labute approximate surface area is 134 Å². The molecule has 0 aromatic carbocycles. The summed E-state index contributed by atoms with van der Waals surface area (Å²) in [5.74, 6) is 0.549. The second-order valence-electron chi connectivity index (χ2n) is 4.95. The second kappa shape index (κ2) is 8.73. The molecule has 5 nitrogen and oxygen atoms in total. The van der Waals surface area contributed by atoms with E-state index in [1.165, 1.54) is 12.7 Å². The van der Waals surface area contributed by atoms with E-state index < -0.39 is 5.97 Å². The molecule has 0 N–H and O–H groups in total. The topological polar surface area (TPSA) is 51.9 Å². The zero-order valence-corrected chi connectivity index (χ0v) is 13.7. The number of rotatable bonds is 9. The van der Waals surface area contributed by atoms with Gasteiger partial charge in [-0.15, -0.1) is 0 Å². The van der Waals surface area contributed by atoms with Crippen LogP contribution in [-0.2, 0) is 22.6 Å². The van der Waals surface area contributed by atoms with E-state index in [1.54, 1.807) is 24.5 Å². The fraction of sp³-hybridized carbons (Fsp3) is 0.438. The Bertz CT molecular complexity index is 564. The van der Waals surface area contributed by atoms with Crippen molar-refractivity contribution in [3.8, 4) is 0 Å². The van der Waals surface area contributed by atoms with Crippen molar-refractivity contribution in [3.05, 3.63) is 46.0 Å². The predicted molar refractivity (Wildman–Crippen MR) is 85.0 cm³/mol. The molecule has 0 aliphatic carbocycles. The van der Waals surface area contributed by atoms with Crippen molar-refractivity contribution in [3.63, 3.8) is 0 Å². The fourth-order valence-corrected chi connectivity index (χ4v) is 2.84. The molecule has 0 bridgehead atoms. The van der Waals surface area contributed by atoms with E-state index in [2.05, 4.69) is 26.5 Å².